The first-order valence-corrected chi connectivity index (χ1v) is 8.63. The van der Waals surface area contributed by atoms with Gasteiger partial charge in [0.2, 0.25) is 10.0 Å². The quantitative estimate of drug-likeness (QED) is 0.881. The Kier molecular flexibility index (Phi) is 5.06. The van der Waals surface area contributed by atoms with Crippen LogP contribution in [0.3, 0.4) is 0 Å². The third kappa shape index (κ3) is 4.53. The van der Waals surface area contributed by atoms with Crippen molar-refractivity contribution in [3.05, 3.63) is 59.9 Å². The lowest BCUT2D eigenvalue weighted by Crippen LogP contribution is -2.45. The van der Waals surface area contributed by atoms with Crippen molar-refractivity contribution in [2.24, 2.45) is 0 Å². The van der Waals surface area contributed by atoms with Gasteiger partial charge >= 0.3 is 0 Å². The van der Waals surface area contributed by atoms with Gasteiger partial charge in [0.15, 0.2) is 11.6 Å². The molecule has 0 unspecified atom stereocenters. The van der Waals surface area contributed by atoms with Crippen LogP contribution in [0.5, 0.6) is 5.75 Å². The Hall–Kier alpha value is -1.92. The van der Waals surface area contributed by atoms with E-state index in [2.05, 4.69) is 4.72 Å². The smallest absolute Gasteiger partial charge is 0.241 e. The van der Waals surface area contributed by atoms with Crippen LogP contribution in [0.25, 0.3) is 0 Å². The van der Waals surface area contributed by atoms with Gasteiger partial charge in [0.05, 0.1) is 12.0 Å². The van der Waals surface area contributed by atoms with E-state index in [1.54, 1.807) is 13.8 Å². The van der Waals surface area contributed by atoms with E-state index in [0.29, 0.717) is 6.42 Å². The summed E-state index contributed by atoms with van der Waals surface area (Å²) >= 11 is 0. The lowest BCUT2D eigenvalue weighted by Gasteiger charge is -2.26. The zero-order valence-corrected chi connectivity index (χ0v) is 14.2. The van der Waals surface area contributed by atoms with Gasteiger partial charge in [0, 0.05) is 5.54 Å². The average molecular weight is 337 g/mol. The van der Waals surface area contributed by atoms with Gasteiger partial charge in [0.1, 0.15) is 0 Å². The zero-order valence-electron chi connectivity index (χ0n) is 13.3. The first-order chi connectivity index (χ1) is 10.7. The van der Waals surface area contributed by atoms with Gasteiger partial charge in [-0.3, -0.25) is 0 Å². The first kappa shape index (κ1) is 17.4. The lowest BCUT2D eigenvalue weighted by molar-refractivity contribution is 0.385. The monoisotopic (exact) mass is 337 g/mol. The first-order valence-electron chi connectivity index (χ1n) is 7.15. The molecule has 124 valence electrons. The fourth-order valence-corrected chi connectivity index (χ4v) is 3.80. The van der Waals surface area contributed by atoms with Crippen molar-refractivity contribution in [2.45, 2.75) is 30.7 Å². The third-order valence-electron chi connectivity index (χ3n) is 3.33. The molecule has 2 rings (SSSR count). The number of halogens is 1. The number of benzene rings is 2. The molecule has 2 aromatic rings. The van der Waals surface area contributed by atoms with Crippen molar-refractivity contribution >= 4 is 10.0 Å². The van der Waals surface area contributed by atoms with E-state index in [0.717, 1.165) is 11.6 Å². The summed E-state index contributed by atoms with van der Waals surface area (Å²) in [5, 5.41) is 0. The maximum Gasteiger partial charge on any atom is 0.241 e. The van der Waals surface area contributed by atoms with E-state index in [1.165, 1.54) is 19.2 Å². The van der Waals surface area contributed by atoms with Crippen LogP contribution in [0.15, 0.2) is 53.4 Å². The van der Waals surface area contributed by atoms with Gasteiger partial charge < -0.3 is 4.74 Å². The maximum atomic E-state index is 13.7. The third-order valence-corrected chi connectivity index (χ3v) is 5.03. The number of ether oxygens (including phenoxy) is 1. The van der Waals surface area contributed by atoms with Crippen LogP contribution in [-0.4, -0.2) is 21.1 Å². The van der Waals surface area contributed by atoms with Gasteiger partial charge in [-0.15, -0.1) is 0 Å². The fourth-order valence-electron chi connectivity index (χ4n) is 2.38. The Morgan fingerprint density at radius 1 is 1.13 bits per heavy atom. The van der Waals surface area contributed by atoms with E-state index in [-0.39, 0.29) is 10.6 Å². The van der Waals surface area contributed by atoms with Crippen LogP contribution in [0.1, 0.15) is 19.4 Å². The topological polar surface area (TPSA) is 55.4 Å². The Morgan fingerprint density at radius 2 is 1.78 bits per heavy atom. The SMILES string of the molecule is COc1ccc(S(=O)(=O)NC(C)(C)Cc2ccccc2)cc1F. The molecule has 0 radical (unpaired) electrons. The van der Waals surface area contributed by atoms with Gasteiger partial charge in [0.25, 0.3) is 0 Å². The molecule has 2 aromatic carbocycles. The van der Waals surface area contributed by atoms with Gasteiger partial charge in [-0.1, -0.05) is 30.3 Å². The Bertz CT molecular complexity index is 774. The largest absolute Gasteiger partial charge is 0.494 e. The number of methoxy groups -OCH3 is 1. The summed E-state index contributed by atoms with van der Waals surface area (Å²) in [7, 11) is -2.50. The number of sulfonamides is 1. The molecule has 0 amide bonds. The molecule has 0 spiro atoms. The summed E-state index contributed by atoms with van der Waals surface area (Å²) in [4.78, 5) is -0.128. The highest BCUT2D eigenvalue weighted by atomic mass is 32.2. The maximum absolute atomic E-state index is 13.7. The number of hydrogen-bond acceptors (Lipinski definition) is 3. The number of rotatable bonds is 6. The van der Waals surface area contributed by atoms with Crippen LogP contribution >= 0.6 is 0 Å². The second kappa shape index (κ2) is 6.68. The minimum absolute atomic E-state index is 0.00694. The molecule has 0 atom stereocenters. The normalized spacial score (nSPS) is 12.2. The lowest BCUT2D eigenvalue weighted by atomic mass is 9.96. The number of nitrogens with one attached hydrogen (secondary N) is 1. The second-order valence-corrected chi connectivity index (χ2v) is 7.63. The minimum atomic E-state index is -3.83. The predicted molar refractivity (Wildman–Crippen MR) is 87.5 cm³/mol. The molecule has 0 aliphatic rings. The summed E-state index contributed by atoms with van der Waals surface area (Å²) in [5.41, 5.74) is 0.303. The van der Waals surface area contributed by atoms with E-state index < -0.39 is 21.4 Å². The van der Waals surface area contributed by atoms with Crippen molar-refractivity contribution in [3.63, 3.8) is 0 Å². The molecule has 0 saturated heterocycles. The Balaban J connectivity index is 2.21. The average Bonchev–Trinajstić information content (AvgIpc) is 2.46. The molecule has 23 heavy (non-hydrogen) atoms. The highest BCUT2D eigenvalue weighted by molar-refractivity contribution is 7.89. The van der Waals surface area contributed by atoms with E-state index in [1.807, 2.05) is 30.3 Å². The molecule has 0 heterocycles. The molecule has 0 aliphatic carbocycles. The Labute approximate surface area is 136 Å². The van der Waals surface area contributed by atoms with Crippen molar-refractivity contribution in [3.8, 4) is 5.75 Å². The summed E-state index contributed by atoms with van der Waals surface area (Å²) in [6.07, 6.45) is 0.520. The van der Waals surface area contributed by atoms with Crippen molar-refractivity contribution in [1.82, 2.24) is 4.72 Å². The summed E-state index contributed by atoms with van der Waals surface area (Å²) in [6, 6.07) is 13.2. The van der Waals surface area contributed by atoms with E-state index in [4.69, 9.17) is 4.74 Å². The van der Waals surface area contributed by atoms with Crippen molar-refractivity contribution in [1.29, 1.82) is 0 Å². The Morgan fingerprint density at radius 3 is 2.35 bits per heavy atom. The van der Waals surface area contributed by atoms with Crippen LogP contribution in [0.2, 0.25) is 0 Å². The molecule has 0 saturated carbocycles. The summed E-state index contributed by atoms with van der Waals surface area (Å²) in [5.74, 6) is -0.705. The van der Waals surface area contributed by atoms with Gasteiger partial charge in [-0.2, -0.15) is 0 Å². The van der Waals surface area contributed by atoms with Crippen LogP contribution in [0, 0.1) is 5.82 Å². The molecule has 0 aromatic heterocycles. The number of hydrogen-bond donors (Lipinski definition) is 1. The second-order valence-electron chi connectivity index (χ2n) is 5.95. The van der Waals surface area contributed by atoms with Crippen LogP contribution < -0.4 is 9.46 Å². The van der Waals surface area contributed by atoms with Crippen LogP contribution in [0.4, 0.5) is 4.39 Å². The summed E-state index contributed by atoms with van der Waals surface area (Å²) < 4.78 is 46.1. The van der Waals surface area contributed by atoms with Gasteiger partial charge in [-0.05, 0) is 44.0 Å². The summed E-state index contributed by atoms with van der Waals surface area (Å²) in [6.45, 7) is 3.58. The zero-order chi connectivity index (χ0) is 17.1. The molecule has 1 N–H and O–H groups in total. The molecule has 0 fully saturated rings. The minimum Gasteiger partial charge on any atom is -0.494 e. The van der Waals surface area contributed by atoms with E-state index >= 15 is 0 Å². The van der Waals surface area contributed by atoms with Crippen molar-refractivity contribution in [2.75, 3.05) is 7.11 Å². The molecular formula is C17H20FNO3S. The molecule has 0 aliphatic heterocycles. The standard InChI is InChI=1S/C17H20FNO3S/c1-17(2,12-13-7-5-4-6-8-13)19-23(20,21)14-9-10-16(22-3)15(18)11-14/h4-11,19H,12H2,1-3H3. The highest BCUT2D eigenvalue weighted by Gasteiger charge is 2.27. The molecular weight excluding hydrogens is 317 g/mol. The molecule has 0 bridgehead atoms. The van der Waals surface area contributed by atoms with Crippen LogP contribution in [-0.2, 0) is 16.4 Å². The van der Waals surface area contributed by atoms with Gasteiger partial charge in [-0.25, -0.2) is 17.5 Å². The van der Waals surface area contributed by atoms with Crippen molar-refractivity contribution < 1.29 is 17.5 Å². The van der Waals surface area contributed by atoms with E-state index in [9.17, 15) is 12.8 Å². The highest BCUT2D eigenvalue weighted by Crippen LogP contribution is 2.22. The predicted octanol–water partition coefficient (Wildman–Crippen LogP) is 3.13. The molecule has 6 heteroatoms. The fraction of sp³-hybridized carbons (Fsp3) is 0.294. The molecule has 4 nitrogen and oxygen atoms in total.